The van der Waals surface area contributed by atoms with E-state index >= 15 is 0 Å². The lowest BCUT2D eigenvalue weighted by Gasteiger charge is -2.08. The Kier molecular flexibility index (Phi) is 5.74. The summed E-state index contributed by atoms with van der Waals surface area (Å²) in [5.41, 5.74) is 3.99. The highest BCUT2D eigenvalue weighted by Gasteiger charge is 2.10. The van der Waals surface area contributed by atoms with E-state index in [1.165, 1.54) is 18.3 Å². The molecule has 6 nitrogen and oxygen atoms in total. The van der Waals surface area contributed by atoms with Gasteiger partial charge in [0.05, 0.1) is 28.5 Å². The minimum absolute atomic E-state index is 0.154. The standard InChI is InChI=1S/C22H17ClN4O2S/c1-13(28)25-22-27-19-7-6-14(9-20(19)30-22)16-8-17(12-24-11-16)26-21(29)10-15-4-2-3-5-18(15)23/h2-9,11-12H,10H2,1H3,(H,26,29)(H,25,27,28). The molecule has 30 heavy (non-hydrogen) atoms. The van der Waals surface area contributed by atoms with E-state index < -0.39 is 0 Å². The molecule has 0 aliphatic rings. The van der Waals surface area contributed by atoms with Gasteiger partial charge in [-0.1, -0.05) is 47.2 Å². The van der Waals surface area contributed by atoms with E-state index in [1.807, 2.05) is 42.5 Å². The number of hydrogen-bond donors (Lipinski definition) is 2. The summed E-state index contributed by atoms with van der Waals surface area (Å²) in [7, 11) is 0. The number of anilines is 2. The summed E-state index contributed by atoms with van der Waals surface area (Å²) in [5.74, 6) is -0.321. The van der Waals surface area contributed by atoms with Gasteiger partial charge in [0.15, 0.2) is 5.13 Å². The molecule has 0 unspecified atom stereocenters. The second kappa shape index (κ2) is 8.61. The van der Waals surface area contributed by atoms with Gasteiger partial charge in [-0.3, -0.25) is 14.6 Å². The first-order valence-corrected chi connectivity index (χ1v) is 10.3. The van der Waals surface area contributed by atoms with Gasteiger partial charge in [-0.25, -0.2) is 4.98 Å². The van der Waals surface area contributed by atoms with Gasteiger partial charge in [0, 0.05) is 23.7 Å². The summed E-state index contributed by atoms with van der Waals surface area (Å²) in [5, 5.41) is 6.71. The minimum atomic E-state index is -0.167. The fourth-order valence-electron chi connectivity index (χ4n) is 2.99. The maximum absolute atomic E-state index is 12.4. The molecule has 0 atom stereocenters. The molecule has 2 amide bonds. The second-order valence-corrected chi connectivity index (χ2v) is 8.10. The number of thiazole rings is 1. The fraction of sp³-hybridized carbons (Fsp3) is 0.0909. The van der Waals surface area contributed by atoms with Crippen molar-refractivity contribution in [3.8, 4) is 11.1 Å². The monoisotopic (exact) mass is 436 g/mol. The number of carbonyl (C=O) groups is 2. The van der Waals surface area contributed by atoms with Crippen LogP contribution in [0.4, 0.5) is 10.8 Å². The summed E-state index contributed by atoms with van der Waals surface area (Å²) in [6, 6.07) is 15.0. The Balaban J connectivity index is 1.53. The molecule has 2 heterocycles. The van der Waals surface area contributed by atoms with Crippen molar-refractivity contribution in [2.45, 2.75) is 13.3 Å². The topological polar surface area (TPSA) is 84.0 Å². The highest BCUT2D eigenvalue weighted by Crippen LogP contribution is 2.31. The number of halogens is 1. The lowest BCUT2D eigenvalue weighted by Crippen LogP contribution is -2.14. The van der Waals surface area contributed by atoms with Crippen LogP contribution in [0.1, 0.15) is 12.5 Å². The Bertz CT molecular complexity index is 1250. The molecular weight excluding hydrogens is 420 g/mol. The summed E-state index contributed by atoms with van der Waals surface area (Å²) >= 11 is 7.54. The van der Waals surface area contributed by atoms with Gasteiger partial charge in [0.25, 0.3) is 0 Å². The molecule has 0 fully saturated rings. The van der Waals surface area contributed by atoms with Gasteiger partial charge in [0.1, 0.15) is 0 Å². The Labute approximate surface area is 181 Å². The molecule has 150 valence electrons. The predicted molar refractivity (Wildman–Crippen MR) is 121 cm³/mol. The first-order chi connectivity index (χ1) is 14.5. The molecule has 0 saturated heterocycles. The number of benzene rings is 2. The molecule has 0 spiro atoms. The first kappa shape index (κ1) is 20.0. The van der Waals surface area contributed by atoms with Crippen LogP contribution in [0.5, 0.6) is 0 Å². The summed E-state index contributed by atoms with van der Waals surface area (Å²) < 4.78 is 0.949. The largest absolute Gasteiger partial charge is 0.324 e. The predicted octanol–water partition coefficient (Wildman–Crippen LogP) is 5.15. The van der Waals surface area contributed by atoms with Gasteiger partial charge in [-0.15, -0.1) is 0 Å². The molecule has 4 rings (SSSR count). The Morgan fingerprint density at radius 2 is 1.87 bits per heavy atom. The number of fused-ring (bicyclic) bond motifs is 1. The lowest BCUT2D eigenvalue weighted by atomic mass is 10.1. The molecule has 4 aromatic rings. The maximum Gasteiger partial charge on any atom is 0.228 e. The van der Waals surface area contributed by atoms with Crippen molar-refractivity contribution in [2.24, 2.45) is 0 Å². The number of rotatable bonds is 5. The van der Waals surface area contributed by atoms with E-state index in [-0.39, 0.29) is 18.2 Å². The van der Waals surface area contributed by atoms with Crippen LogP contribution in [0.15, 0.2) is 60.9 Å². The van der Waals surface area contributed by atoms with Crippen molar-refractivity contribution in [1.82, 2.24) is 9.97 Å². The third kappa shape index (κ3) is 4.64. The highest BCUT2D eigenvalue weighted by molar-refractivity contribution is 7.22. The van der Waals surface area contributed by atoms with Gasteiger partial charge in [-0.2, -0.15) is 0 Å². The molecule has 2 aromatic carbocycles. The molecule has 0 aliphatic heterocycles. The van der Waals surface area contributed by atoms with Crippen LogP contribution in [0.2, 0.25) is 5.02 Å². The molecule has 0 saturated carbocycles. The van der Waals surface area contributed by atoms with Gasteiger partial charge in [-0.05, 0) is 35.4 Å². The molecule has 0 bridgehead atoms. The quantitative estimate of drug-likeness (QED) is 0.453. The fourth-order valence-corrected chi connectivity index (χ4v) is 4.15. The number of aromatic nitrogens is 2. The number of amides is 2. The second-order valence-electron chi connectivity index (χ2n) is 6.66. The van der Waals surface area contributed by atoms with Crippen LogP contribution in [0.25, 0.3) is 21.3 Å². The van der Waals surface area contributed by atoms with Crippen LogP contribution in [-0.2, 0) is 16.0 Å². The molecule has 2 aromatic heterocycles. The third-order valence-electron chi connectivity index (χ3n) is 4.34. The number of hydrogen-bond acceptors (Lipinski definition) is 5. The maximum atomic E-state index is 12.4. The van der Waals surface area contributed by atoms with Gasteiger partial charge >= 0.3 is 0 Å². The number of nitrogens with one attached hydrogen (secondary N) is 2. The van der Waals surface area contributed by atoms with Gasteiger partial charge in [0.2, 0.25) is 11.8 Å². The van der Waals surface area contributed by atoms with Crippen molar-refractivity contribution >= 4 is 55.8 Å². The SMILES string of the molecule is CC(=O)Nc1nc2ccc(-c3cncc(NC(=O)Cc4ccccc4Cl)c3)cc2s1. The molecule has 0 radical (unpaired) electrons. The van der Waals surface area contributed by atoms with Crippen LogP contribution >= 0.6 is 22.9 Å². The average Bonchev–Trinajstić information content (AvgIpc) is 3.10. The van der Waals surface area contributed by atoms with Crippen molar-refractivity contribution in [3.63, 3.8) is 0 Å². The van der Waals surface area contributed by atoms with Crippen LogP contribution in [0.3, 0.4) is 0 Å². The van der Waals surface area contributed by atoms with Crippen LogP contribution in [0, 0.1) is 0 Å². The van der Waals surface area contributed by atoms with Crippen molar-refractivity contribution in [3.05, 3.63) is 71.5 Å². The zero-order valence-electron chi connectivity index (χ0n) is 16.0. The normalized spacial score (nSPS) is 10.7. The Morgan fingerprint density at radius 3 is 2.67 bits per heavy atom. The smallest absolute Gasteiger partial charge is 0.228 e. The van der Waals surface area contributed by atoms with Gasteiger partial charge < -0.3 is 10.6 Å². The van der Waals surface area contributed by atoms with E-state index in [9.17, 15) is 9.59 Å². The van der Waals surface area contributed by atoms with E-state index in [4.69, 9.17) is 11.6 Å². The summed E-state index contributed by atoms with van der Waals surface area (Å²) in [4.78, 5) is 32.3. The van der Waals surface area contributed by atoms with E-state index in [0.717, 1.165) is 26.9 Å². The number of nitrogens with zero attached hydrogens (tertiary/aromatic N) is 2. The lowest BCUT2D eigenvalue weighted by molar-refractivity contribution is -0.116. The van der Waals surface area contributed by atoms with Crippen molar-refractivity contribution in [1.29, 1.82) is 0 Å². The van der Waals surface area contributed by atoms with E-state index in [0.29, 0.717) is 15.8 Å². The third-order valence-corrected chi connectivity index (χ3v) is 5.64. The summed E-state index contributed by atoms with van der Waals surface area (Å²) in [6.07, 6.45) is 3.53. The highest BCUT2D eigenvalue weighted by atomic mass is 35.5. The zero-order chi connectivity index (χ0) is 21.1. The Morgan fingerprint density at radius 1 is 1.03 bits per heavy atom. The van der Waals surface area contributed by atoms with Crippen LogP contribution < -0.4 is 10.6 Å². The average molecular weight is 437 g/mol. The zero-order valence-corrected chi connectivity index (χ0v) is 17.6. The molecule has 8 heteroatoms. The van der Waals surface area contributed by atoms with Crippen molar-refractivity contribution < 1.29 is 9.59 Å². The first-order valence-electron chi connectivity index (χ1n) is 9.15. The summed E-state index contributed by atoms with van der Waals surface area (Å²) in [6.45, 7) is 1.45. The van der Waals surface area contributed by atoms with Crippen LogP contribution in [-0.4, -0.2) is 21.8 Å². The minimum Gasteiger partial charge on any atom is -0.324 e. The van der Waals surface area contributed by atoms with E-state index in [2.05, 4.69) is 20.6 Å². The molecular formula is C22H17ClN4O2S. The number of carbonyl (C=O) groups excluding carboxylic acids is 2. The van der Waals surface area contributed by atoms with E-state index in [1.54, 1.807) is 18.5 Å². The van der Waals surface area contributed by atoms with Crippen molar-refractivity contribution in [2.75, 3.05) is 10.6 Å². The number of pyridine rings is 1. The Hall–Kier alpha value is -3.29. The molecule has 2 N–H and O–H groups in total. The molecule has 0 aliphatic carbocycles.